The Bertz CT molecular complexity index is 472. The minimum atomic E-state index is 0.258. The fourth-order valence-corrected chi connectivity index (χ4v) is 2.15. The van der Waals surface area contributed by atoms with Gasteiger partial charge in [-0.15, -0.1) is 0 Å². The third-order valence-electron chi connectivity index (χ3n) is 2.97. The van der Waals surface area contributed by atoms with Crippen molar-refractivity contribution in [2.45, 2.75) is 12.5 Å². The van der Waals surface area contributed by atoms with Crippen LogP contribution in [0.25, 0.3) is 5.65 Å². The molecule has 3 rings (SSSR count). The molecule has 0 radical (unpaired) electrons. The highest BCUT2D eigenvalue weighted by Gasteiger charge is 2.17. The van der Waals surface area contributed by atoms with Gasteiger partial charge in [-0.1, -0.05) is 6.07 Å². The first kappa shape index (κ1) is 9.81. The number of rotatable bonds is 1. The molecule has 1 aliphatic rings. The molecule has 0 aromatic carbocycles. The van der Waals surface area contributed by atoms with Crippen LogP contribution in [0.4, 0.5) is 0 Å². The molecule has 0 spiro atoms. The van der Waals surface area contributed by atoms with Crippen molar-refractivity contribution in [3.8, 4) is 0 Å². The maximum atomic E-state index is 5.59. The maximum Gasteiger partial charge on any atom is 0.141 e. The van der Waals surface area contributed by atoms with Gasteiger partial charge in [0.1, 0.15) is 5.65 Å². The molecule has 84 valence electrons. The Morgan fingerprint density at radius 1 is 1.44 bits per heavy atom. The van der Waals surface area contributed by atoms with Crippen molar-refractivity contribution < 1.29 is 4.74 Å². The number of hydrogen-bond donors (Lipinski definition) is 1. The monoisotopic (exact) mass is 217 g/mol. The number of imidazole rings is 1. The molecule has 1 saturated heterocycles. The normalized spacial score (nSPS) is 22.1. The van der Waals surface area contributed by atoms with Crippen LogP contribution < -0.4 is 5.32 Å². The van der Waals surface area contributed by atoms with E-state index in [0.29, 0.717) is 0 Å². The van der Waals surface area contributed by atoms with Crippen molar-refractivity contribution in [1.82, 2.24) is 14.7 Å². The summed E-state index contributed by atoms with van der Waals surface area (Å²) in [6.07, 6.45) is 6.89. The highest BCUT2D eigenvalue weighted by molar-refractivity contribution is 5.49. The molecule has 1 unspecified atom stereocenters. The van der Waals surface area contributed by atoms with E-state index < -0.39 is 0 Å². The van der Waals surface area contributed by atoms with Crippen LogP contribution in [-0.2, 0) is 4.74 Å². The zero-order valence-electron chi connectivity index (χ0n) is 9.10. The average Bonchev–Trinajstić information content (AvgIpc) is 2.63. The van der Waals surface area contributed by atoms with Crippen molar-refractivity contribution in [3.63, 3.8) is 0 Å². The van der Waals surface area contributed by atoms with Gasteiger partial charge in [0.05, 0.1) is 12.6 Å². The Morgan fingerprint density at radius 3 is 3.44 bits per heavy atom. The lowest BCUT2D eigenvalue weighted by atomic mass is 10.1. The van der Waals surface area contributed by atoms with Crippen LogP contribution in [-0.4, -0.2) is 29.1 Å². The number of pyridine rings is 1. The van der Waals surface area contributed by atoms with Gasteiger partial charge < -0.3 is 14.5 Å². The first-order valence-corrected chi connectivity index (χ1v) is 5.68. The fraction of sp³-hybridized carbons (Fsp3) is 0.417. The van der Waals surface area contributed by atoms with Gasteiger partial charge in [0, 0.05) is 30.8 Å². The summed E-state index contributed by atoms with van der Waals surface area (Å²) in [5.41, 5.74) is 2.24. The third-order valence-corrected chi connectivity index (χ3v) is 2.97. The van der Waals surface area contributed by atoms with Crippen molar-refractivity contribution in [2.24, 2.45) is 0 Å². The van der Waals surface area contributed by atoms with Crippen LogP contribution in [0.15, 0.2) is 30.7 Å². The van der Waals surface area contributed by atoms with Crippen LogP contribution in [0.3, 0.4) is 0 Å². The van der Waals surface area contributed by atoms with Gasteiger partial charge >= 0.3 is 0 Å². The third kappa shape index (κ3) is 1.70. The SMILES string of the molecule is c1cc(C2COCCCN2)c2nccn2c1. The molecule has 0 bridgehead atoms. The number of nitrogens with zero attached hydrogens (tertiary/aromatic N) is 2. The molecule has 2 aromatic rings. The second-order valence-electron chi connectivity index (χ2n) is 4.06. The lowest BCUT2D eigenvalue weighted by molar-refractivity contribution is 0.132. The Balaban J connectivity index is 2.00. The first-order valence-electron chi connectivity index (χ1n) is 5.68. The summed E-state index contributed by atoms with van der Waals surface area (Å²) in [7, 11) is 0. The predicted molar refractivity (Wildman–Crippen MR) is 61.4 cm³/mol. The summed E-state index contributed by atoms with van der Waals surface area (Å²) in [5.74, 6) is 0. The standard InChI is InChI=1S/C12H15N3O/c1-3-10(11-9-16-8-2-4-13-11)12-14-5-7-15(12)6-1/h1,3,5-7,11,13H,2,4,8-9H2. The van der Waals surface area contributed by atoms with E-state index in [9.17, 15) is 0 Å². The molecule has 1 aliphatic heterocycles. The second kappa shape index (κ2) is 4.23. The Labute approximate surface area is 94.3 Å². The zero-order valence-corrected chi connectivity index (χ0v) is 9.10. The van der Waals surface area contributed by atoms with Crippen LogP contribution in [0.5, 0.6) is 0 Å². The molecule has 4 heteroatoms. The summed E-state index contributed by atoms with van der Waals surface area (Å²) in [4.78, 5) is 4.39. The van der Waals surface area contributed by atoms with Crippen LogP contribution in [0, 0.1) is 0 Å². The van der Waals surface area contributed by atoms with E-state index in [0.717, 1.165) is 31.8 Å². The van der Waals surface area contributed by atoms with E-state index in [4.69, 9.17) is 4.74 Å². The second-order valence-corrected chi connectivity index (χ2v) is 4.06. The largest absolute Gasteiger partial charge is 0.379 e. The molecule has 4 nitrogen and oxygen atoms in total. The zero-order chi connectivity index (χ0) is 10.8. The van der Waals surface area contributed by atoms with E-state index >= 15 is 0 Å². The summed E-state index contributed by atoms with van der Waals surface area (Å²) in [6.45, 7) is 2.58. The van der Waals surface area contributed by atoms with Gasteiger partial charge in [-0.2, -0.15) is 0 Å². The minimum Gasteiger partial charge on any atom is -0.379 e. The fourth-order valence-electron chi connectivity index (χ4n) is 2.15. The Morgan fingerprint density at radius 2 is 2.44 bits per heavy atom. The lowest BCUT2D eigenvalue weighted by Crippen LogP contribution is -2.24. The smallest absolute Gasteiger partial charge is 0.141 e. The summed E-state index contributed by atoms with van der Waals surface area (Å²) in [6, 6.07) is 4.43. The molecule has 1 atom stereocenters. The van der Waals surface area contributed by atoms with E-state index in [1.807, 2.05) is 23.0 Å². The quantitative estimate of drug-likeness (QED) is 0.784. The number of aromatic nitrogens is 2. The highest BCUT2D eigenvalue weighted by atomic mass is 16.5. The molecular formula is C12H15N3O. The van der Waals surface area contributed by atoms with Crippen LogP contribution in [0.1, 0.15) is 18.0 Å². The van der Waals surface area contributed by atoms with Crippen molar-refractivity contribution in [2.75, 3.05) is 19.8 Å². The van der Waals surface area contributed by atoms with Gasteiger partial charge in [-0.25, -0.2) is 4.98 Å². The summed E-state index contributed by atoms with van der Waals surface area (Å²) < 4.78 is 7.63. The highest BCUT2D eigenvalue weighted by Crippen LogP contribution is 2.19. The molecular weight excluding hydrogens is 202 g/mol. The van der Waals surface area contributed by atoms with Gasteiger partial charge in [0.25, 0.3) is 0 Å². The Hall–Kier alpha value is -1.39. The molecule has 2 aromatic heterocycles. The van der Waals surface area contributed by atoms with Crippen molar-refractivity contribution >= 4 is 5.65 Å². The van der Waals surface area contributed by atoms with E-state index in [2.05, 4.69) is 22.4 Å². The van der Waals surface area contributed by atoms with Gasteiger partial charge in [0.15, 0.2) is 0 Å². The molecule has 0 saturated carbocycles. The van der Waals surface area contributed by atoms with Gasteiger partial charge in [-0.05, 0) is 19.0 Å². The first-order chi connectivity index (χ1) is 7.95. The molecule has 3 heterocycles. The number of nitrogens with one attached hydrogen (secondary N) is 1. The summed E-state index contributed by atoms with van der Waals surface area (Å²) >= 11 is 0. The molecule has 1 fully saturated rings. The minimum absolute atomic E-state index is 0.258. The molecule has 0 aliphatic carbocycles. The number of fused-ring (bicyclic) bond motifs is 1. The van der Waals surface area contributed by atoms with Crippen LogP contribution >= 0.6 is 0 Å². The topological polar surface area (TPSA) is 38.6 Å². The van der Waals surface area contributed by atoms with Gasteiger partial charge in [-0.3, -0.25) is 0 Å². The number of hydrogen-bond acceptors (Lipinski definition) is 3. The molecule has 16 heavy (non-hydrogen) atoms. The summed E-state index contributed by atoms with van der Waals surface area (Å²) in [5, 5.41) is 3.50. The van der Waals surface area contributed by atoms with Crippen LogP contribution in [0.2, 0.25) is 0 Å². The molecule has 1 N–H and O–H groups in total. The van der Waals surface area contributed by atoms with Gasteiger partial charge in [0.2, 0.25) is 0 Å². The lowest BCUT2D eigenvalue weighted by Gasteiger charge is -2.16. The van der Waals surface area contributed by atoms with Crippen molar-refractivity contribution in [1.29, 1.82) is 0 Å². The maximum absolute atomic E-state index is 5.59. The van der Waals surface area contributed by atoms with Crippen molar-refractivity contribution in [3.05, 3.63) is 36.3 Å². The molecule has 0 amide bonds. The predicted octanol–water partition coefficient (Wildman–Crippen LogP) is 1.39. The van der Waals surface area contributed by atoms with E-state index in [1.165, 1.54) is 5.56 Å². The number of ether oxygens (including phenoxy) is 1. The average molecular weight is 217 g/mol. The van der Waals surface area contributed by atoms with E-state index in [-0.39, 0.29) is 6.04 Å². The van der Waals surface area contributed by atoms with E-state index in [1.54, 1.807) is 0 Å². The Kier molecular flexibility index (Phi) is 2.60.